The first-order valence-corrected chi connectivity index (χ1v) is 8.76. The van der Waals surface area contributed by atoms with Gasteiger partial charge in [0, 0.05) is 30.3 Å². The van der Waals surface area contributed by atoms with Crippen molar-refractivity contribution in [1.82, 2.24) is 10.2 Å². The summed E-state index contributed by atoms with van der Waals surface area (Å²) < 4.78 is 0. The fourth-order valence-corrected chi connectivity index (χ4v) is 2.54. The van der Waals surface area contributed by atoms with E-state index in [4.69, 9.17) is 0 Å². The average molecular weight is 338 g/mol. The summed E-state index contributed by atoms with van der Waals surface area (Å²) in [6, 6.07) is 16.9. The molecule has 0 atom stereocenters. The normalized spacial score (nSPS) is 10.6. The molecular formula is C21H26N2O2. The van der Waals surface area contributed by atoms with Gasteiger partial charge in [-0.15, -0.1) is 0 Å². The third-order valence-corrected chi connectivity index (χ3v) is 4.01. The summed E-state index contributed by atoms with van der Waals surface area (Å²) in [6.07, 6.45) is 0.894. The van der Waals surface area contributed by atoms with Crippen LogP contribution in [0.2, 0.25) is 0 Å². The number of rotatable bonds is 7. The number of amides is 2. The Morgan fingerprint density at radius 1 is 0.960 bits per heavy atom. The van der Waals surface area contributed by atoms with Gasteiger partial charge in [-0.25, -0.2) is 0 Å². The Balaban J connectivity index is 2.12. The van der Waals surface area contributed by atoms with Crippen molar-refractivity contribution in [2.45, 2.75) is 39.8 Å². The van der Waals surface area contributed by atoms with Crippen molar-refractivity contribution in [2.75, 3.05) is 6.54 Å². The second kappa shape index (κ2) is 9.02. The fourth-order valence-electron chi connectivity index (χ4n) is 2.54. The first-order chi connectivity index (χ1) is 12.0. The van der Waals surface area contributed by atoms with E-state index in [1.165, 1.54) is 0 Å². The molecule has 4 nitrogen and oxygen atoms in total. The fraction of sp³-hybridized carbons (Fsp3) is 0.333. The Kier molecular flexibility index (Phi) is 6.75. The number of hydrogen-bond acceptors (Lipinski definition) is 2. The number of carbonyl (C=O) groups excluding carboxylic acids is 2. The van der Waals surface area contributed by atoms with Crippen LogP contribution in [0.1, 0.15) is 53.5 Å². The molecule has 0 spiro atoms. The molecule has 0 radical (unpaired) electrons. The highest BCUT2D eigenvalue weighted by molar-refractivity contribution is 5.97. The maximum atomic E-state index is 12.9. The molecule has 0 unspecified atom stereocenters. The second-order valence-electron chi connectivity index (χ2n) is 6.35. The minimum Gasteiger partial charge on any atom is -0.352 e. The van der Waals surface area contributed by atoms with Gasteiger partial charge in [-0.1, -0.05) is 37.3 Å². The van der Waals surface area contributed by atoms with Gasteiger partial charge in [0.25, 0.3) is 11.8 Å². The van der Waals surface area contributed by atoms with E-state index in [-0.39, 0.29) is 17.9 Å². The monoisotopic (exact) mass is 338 g/mol. The van der Waals surface area contributed by atoms with Crippen LogP contribution in [-0.2, 0) is 6.54 Å². The van der Waals surface area contributed by atoms with Gasteiger partial charge in [-0.3, -0.25) is 9.59 Å². The van der Waals surface area contributed by atoms with Gasteiger partial charge in [0.2, 0.25) is 0 Å². The Morgan fingerprint density at radius 3 is 2.12 bits per heavy atom. The van der Waals surface area contributed by atoms with E-state index >= 15 is 0 Å². The molecule has 2 aromatic carbocycles. The van der Waals surface area contributed by atoms with Crippen LogP contribution in [0.15, 0.2) is 54.6 Å². The molecular weight excluding hydrogens is 312 g/mol. The van der Waals surface area contributed by atoms with E-state index in [1.807, 2.05) is 56.0 Å². The number of benzene rings is 2. The largest absolute Gasteiger partial charge is 0.352 e. The van der Waals surface area contributed by atoms with E-state index in [0.717, 1.165) is 12.0 Å². The van der Waals surface area contributed by atoms with Gasteiger partial charge in [-0.2, -0.15) is 0 Å². The maximum Gasteiger partial charge on any atom is 0.254 e. The third kappa shape index (κ3) is 5.18. The second-order valence-corrected chi connectivity index (χ2v) is 6.35. The van der Waals surface area contributed by atoms with Crippen molar-refractivity contribution in [1.29, 1.82) is 0 Å². The molecule has 2 rings (SSSR count). The third-order valence-electron chi connectivity index (χ3n) is 4.01. The smallest absolute Gasteiger partial charge is 0.254 e. The lowest BCUT2D eigenvalue weighted by atomic mass is 10.1. The van der Waals surface area contributed by atoms with Gasteiger partial charge >= 0.3 is 0 Å². The molecule has 132 valence electrons. The zero-order valence-electron chi connectivity index (χ0n) is 15.2. The van der Waals surface area contributed by atoms with E-state index in [9.17, 15) is 9.59 Å². The van der Waals surface area contributed by atoms with Crippen molar-refractivity contribution in [2.24, 2.45) is 0 Å². The van der Waals surface area contributed by atoms with Crippen LogP contribution < -0.4 is 5.32 Å². The van der Waals surface area contributed by atoms with Crippen molar-refractivity contribution >= 4 is 11.8 Å². The van der Waals surface area contributed by atoms with Crippen molar-refractivity contribution < 1.29 is 9.59 Å². The predicted molar refractivity (Wildman–Crippen MR) is 101 cm³/mol. The molecule has 0 heterocycles. The number of hydrogen-bond donors (Lipinski definition) is 1. The zero-order chi connectivity index (χ0) is 18.2. The minimum atomic E-state index is -0.106. The molecule has 0 aliphatic rings. The maximum absolute atomic E-state index is 12.9. The molecule has 0 saturated carbocycles. The summed E-state index contributed by atoms with van der Waals surface area (Å²) in [6.45, 7) is 7.24. The average Bonchev–Trinajstić information content (AvgIpc) is 2.64. The van der Waals surface area contributed by atoms with E-state index < -0.39 is 0 Å². The van der Waals surface area contributed by atoms with Crippen LogP contribution in [0.5, 0.6) is 0 Å². The van der Waals surface area contributed by atoms with Crippen LogP contribution in [-0.4, -0.2) is 29.3 Å². The van der Waals surface area contributed by atoms with Gasteiger partial charge < -0.3 is 10.2 Å². The Hall–Kier alpha value is -2.62. The SMILES string of the molecule is CCCNC(=O)c1ccc(C(=O)N(Cc2ccccc2)C(C)C)cc1. The lowest BCUT2D eigenvalue weighted by Crippen LogP contribution is -2.36. The Morgan fingerprint density at radius 2 is 1.56 bits per heavy atom. The number of nitrogens with one attached hydrogen (secondary N) is 1. The van der Waals surface area contributed by atoms with Crippen molar-refractivity contribution in [3.63, 3.8) is 0 Å². The topological polar surface area (TPSA) is 49.4 Å². The molecule has 0 fully saturated rings. The molecule has 1 N–H and O–H groups in total. The van der Waals surface area contributed by atoms with Gasteiger partial charge in [-0.05, 0) is 50.1 Å². The molecule has 0 aromatic heterocycles. The van der Waals surface area contributed by atoms with Crippen LogP contribution in [0.3, 0.4) is 0 Å². The number of carbonyl (C=O) groups is 2. The summed E-state index contributed by atoms with van der Waals surface area (Å²) in [5.74, 6) is -0.134. The quantitative estimate of drug-likeness (QED) is 0.833. The molecule has 0 saturated heterocycles. The first-order valence-electron chi connectivity index (χ1n) is 8.76. The lowest BCUT2D eigenvalue weighted by molar-refractivity contribution is 0.0690. The highest BCUT2D eigenvalue weighted by atomic mass is 16.2. The first kappa shape index (κ1) is 18.7. The van der Waals surface area contributed by atoms with Crippen LogP contribution in [0.4, 0.5) is 0 Å². The highest BCUT2D eigenvalue weighted by Gasteiger charge is 2.19. The van der Waals surface area contributed by atoms with Gasteiger partial charge in [0.05, 0.1) is 0 Å². The molecule has 0 bridgehead atoms. The summed E-state index contributed by atoms with van der Waals surface area (Å²) in [4.78, 5) is 26.7. The Bertz CT molecular complexity index is 694. The molecule has 2 amide bonds. The summed E-state index contributed by atoms with van der Waals surface area (Å²) >= 11 is 0. The van der Waals surface area contributed by atoms with Gasteiger partial charge in [0.15, 0.2) is 0 Å². The van der Waals surface area contributed by atoms with E-state index in [2.05, 4.69) is 5.32 Å². The lowest BCUT2D eigenvalue weighted by Gasteiger charge is -2.27. The summed E-state index contributed by atoms with van der Waals surface area (Å²) in [5.41, 5.74) is 2.26. The molecule has 4 heteroatoms. The molecule has 2 aromatic rings. The minimum absolute atomic E-state index is 0.0284. The summed E-state index contributed by atoms with van der Waals surface area (Å²) in [7, 11) is 0. The van der Waals surface area contributed by atoms with Crippen molar-refractivity contribution in [3.05, 3.63) is 71.3 Å². The molecule has 25 heavy (non-hydrogen) atoms. The summed E-state index contributed by atoms with van der Waals surface area (Å²) in [5, 5.41) is 2.84. The van der Waals surface area contributed by atoms with Crippen molar-refractivity contribution in [3.8, 4) is 0 Å². The van der Waals surface area contributed by atoms with Crippen LogP contribution in [0, 0.1) is 0 Å². The molecule has 0 aliphatic carbocycles. The Labute approximate surface area is 149 Å². The van der Waals surface area contributed by atoms with Gasteiger partial charge in [0.1, 0.15) is 0 Å². The van der Waals surface area contributed by atoms with E-state index in [0.29, 0.717) is 24.2 Å². The highest BCUT2D eigenvalue weighted by Crippen LogP contribution is 2.14. The zero-order valence-corrected chi connectivity index (χ0v) is 15.2. The predicted octanol–water partition coefficient (Wildman–Crippen LogP) is 3.88. The van der Waals surface area contributed by atoms with Crippen LogP contribution in [0.25, 0.3) is 0 Å². The number of nitrogens with zero attached hydrogens (tertiary/aromatic N) is 1. The standard InChI is InChI=1S/C21H26N2O2/c1-4-14-22-20(24)18-10-12-19(13-11-18)21(25)23(16(2)3)15-17-8-6-5-7-9-17/h5-13,16H,4,14-15H2,1-3H3,(H,22,24). The molecule has 0 aliphatic heterocycles. The van der Waals surface area contributed by atoms with Crippen LogP contribution >= 0.6 is 0 Å². The van der Waals surface area contributed by atoms with E-state index in [1.54, 1.807) is 24.3 Å².